The van der Waals surface area contributed by atoms with Crippen molar-refractivity contribution < 1.29 is 12.8 Å². The highest BCUT2D eigenvalue weighted by atomic mass is 32.2. The van der Waals surface area contributed by atoms with Gasteiger partial charge in [-0.05, 0) is 37.6 Å². The normalized spacial score (nSPS) is 13.4. The van der Waals surface area contributed by atoms with E-state index in [-0.39, 0.29) is 10.9 Å². The average molecular weight is 302 g/mol. The third kappa shape index (κ3) is 4.54. The van der Waals surface area contributed by atoms with Crippen molar-refractivity contribution in [3.05, 3.63) is 29.6 Å². The Labute approximate surface area is 120 Å². The molecule has 20 heavy (non-hydrogen) atoms. The van der Waals surface area contributed by atoms with Gasteiger partial charge in [0.1, 0.15) is 10.7 Å². The molecule has 0 amide bonds. The van der Waals surface area contributed by atoms with E-state index in [0.29, 0.717) is 13.0 Å². The molecule has 1 aromatic rings. The monoisotopic (exact) mass is 302 g/mol. The van der Waals surface area contributed by atoms with E-state index in [1.165, 1.54) is 12.1 Å². The minimum absolute atomic E-state index is 0.155. The molecule has 0 aliphatic carbocycles. The highest BCUT2D eigenvalue weighted by Crippen LogP contribution is 2.18. The first-order valence-electron chi connectivity index (χ1n) is 6.90. The summed E-state index contributed by atoms with van der Waals surface area (Å²) in [6.07, 6.45) is 2.31. The first kappa shape index (κ1) is 17.1. The predicted octanol–water partition coefficient (Wildman–Crippen LogP) is 2.40. The van der Waals surface area contributed by atoms with Crippen LogP contribution in [-0.4, -0.2) is 21.5 Å². The van der Waals surface area contributed by atoms with Crippen LogP contribution in [-0.2, 0) is 16.6 Å². The second-order valence-electron chi connectivity index (χ2n) is 4.81. The van der Waals surface area contributed by atoms with Crippen LogP contribution in [0.25, 0.3) is 0 Å². The second-order valence-corrected chi connectivity index (χ2v) is 6.49. The highest BCUT2D eigenvalue weighted by Gasteiger charge is 2.22. The van der Waals surface area contributed by atoms with Crippen molar-refractivity contribution in [1.29, 1.82) is 0 Å². The SMILES string of the molecule is CCCC(CC)NS(=O)(=O)c1cc(CNC)ccc1F. The van der Waals surface area contributed by atoms with Gasteiger partial charge in [0.15, 0.2) is 0 Å². The van der Waals surface area contributed by atoms with Crippen molar-refractivity contribution in [2.45, 2.75) is 50.6 Å². The highest BCUT2D eigenvalue weighted by molar-refractivity contribution is 7.89. The number of sulfonamides is 1. The number of nitrogens with one attached hydrogen (secondary N) is 2. The van der Waals surface area contributed by atoms with Gasteiger partial charge in [-0.25, -0.2) is 17.5 Å². The number of halogens is 1. The summed E-state index contributed by atoms with van der Waals surface area (Å²) in [4.78, 5) is -0.278. The van der Waals surface area contributed by atoms with Gasteiger partial charge in [-0.2, -0.15) is 0 Å². The van der Waals surface area contributed by atoms with Crippen molar-refractivity contribution in [3.63, 3.8) is 0 Å². The van der Waals surface area contributed by atoms with Gasteiger partial charge in [0.25, 0.3) is 0 Å². The van der Waals surface area contributed by atoms with Crippen LogP contribution in [0.3, 0.4) is 0 Å². The third-order valence-electron chi connectivity index (χ3n) is 3.12. The lowest BCUT2D eigenvalue weighted by Gasteiger charge is -2.17. The van der Waals surface area contributed by atoms with E-state index >= 15 is 0 Å². The molecule has 0 saturated heterocycles. The average Bonchev–Trinajstić information content (AvgIpc) is 2.40. The van der Waals surface area contributed by atoms with Crippen LogP contribution in [0, 0.1) is 5.82 Å². The molecule has 0 spiro atoms. The third-order valence-corrected chi connectivity index (χ3v) is 4.65. The largest absolute Gasteiger partial charge is 0.316 e. The summed E-state index contributed by atoms with van der Waals surface area (Å²) < 4.78 is 41.0. The van der Waals surface area contributed by atoms with Gasteiger partial charge in [-0.3, -0.25) is 0 Å². The molecule has 6 heteroatoms. The Hall–Kier alpha value is -0.980. The molecule has 1 unspecified atom stereocenters. The zero-order valence-corrected chi connectivity index (χ0v) is 13.1. The van der Waals surface area contributed by atoms with Gasteiger partial charge in [0, 0.05) is 12.6 Å². The minimum Gasteiger partial charge on any atom is -0.316 e. The summed E-state index contributed by atoms with van der Waals surface area (Å²) in [5, 5.41) is 2.92. The molecule has 2 N–H and O–H groups in total. The Morgan fingerprint density at radius 2 is 2.00 bits per heavy atom. The van der Waals surface area contributed by atoms with Crippen molar-refractivity contribution in [2.24, 2.45) is 0 Å². The fraction of sp³-hybridized carbons (Fsp3) is 0.571. The van der Waals surface area contributed by atoms with Crippen molar-refractivity contribution in [1.82, 2.24) is 10.0 Å². The van der Waals surface area contributed by atoms with Crippen molar-refractivity contribution >= 4 is 10.0 Å². The molecule has 0 fully saturated rings. The summed E-state index contributed by atoms with van der Waals surface area (Å²) in [6.45, 7) is 4.40. The predicted molar refractivity (Wildman–Crippen MR) is 78.5 cm³/mol. The van der Waals surface area contributed by atoms with Gasteiger partial charge in [-0.15, -0.1) is 0 Å². The summed E-state index contributed by atoms with van der Waals surface area (Å²) in [6, 6.07) is 4.00. The lowest BCUT2D eigenvalue weighted by atomic mass is 10.1. The molecular formula is C14H23FN2O2S. The lowest BCUT2D eigenvalue weighted by molar-refractivity contribution is 0.505. The zero-order chi connectivity index (χ0) is 15.2. The zero-order valence-electron chi connectivity index (χ0n) is 12.2. The first-order valence-corrected chi connectivity index (χ1v) is 8.38. The van der Waals surface area contributed by atoms with Crippen molar-refractivity contribution in [3.8, 4) is 0 Å². The molecule has 0 aliphatic rings. The molecule has 114 valence electrons. The lowest BCUT2D eigenvalue weighted by Crippen LogP contribution is -2.34. The summed E-state index contributed by atoms with van der Waals surface area (Å²) in [7, 11) is -2.06. The smallest absolute Gasteiger partial charge is 0.243 e. The van der Waals surface area contributed by atoms with Crippen LogP contribution >= 0.6 is 0 Å². The molecule has 0 bridgehead atoms. The van der Waals surface area contributed by atoms with E-state index in [4.69, 9.17) is 0 Å². The van der Waals surface area contributed by atoms with E-state index in [1.54, 1.807) is 13.1 Å². The van der Waals surface area contributed by atoms with Crippen LogP contribution in [0.4, 0.5) is 4.39 Å². The quantitative estimate of drug-likeness (QED) is 0.775. The van der Waals surface area contributed by atoms with Crippen LogP contribution in [0.5, 0.6) is 0 Å². The maximum Gasteiger partial charge on any atom is 0.243 e. The molecule has 0 aliphatic heterocycles. The van der Waals surface area contributed by atoms with E-state index in [2.05, 4.69) is 10.0 Å². The molecule has 0 radical (unpaired) electrons. The van der Waals surface area contributed by atoms with Gasteiger partial charge in [-0.1, -0.05) is 26.3 Å². The van der Waals surface area contributed by atoms with Crippen molar-refractivity contribution in [2.75, 3.05) is 7.05 Å². The Balaban J connectivity index is 3.04. The van der Waals surface area contributed by atoms with Gasteiger partial charge >= 0.3 is 0 Å². The number of benzene rings is 1. The fourth-order valence-corrected chi connectivity index (χ4v) is 3.53. The minimum atomic E-state index is -3.82. The van der Waals surface area contributed by atoms with Gasteiger partial charge < -0.3 is 5.32 Å². The Morgan fingerprint density at radius 3 is 2.55 bits per heavy atom. The fourth-order valence-electron chi connectivity index (χ4n) is 2.05. The summed E-state index contributed by atoms with van der Waals surface area (Å²) in [5.41, 5.74) is 0.734. The van der Waals surface area contributed by atoms with Crippen LogP contribution in [0.1, 0.15) is 38.7 Å². The molecular weight excluding hydrogens is 279 g/mol. The topological polar surface area (TPSA) is 58.2 Å². The number of hydrogen-bond acceptors (Lipinski definition) is 3. The summed E-state index contributed by atoms with van der Waals surface area (Å²) in [5.74, 6) is -0.719. The number of rotatable bonds is 8. The summed E-state index contributed by atoms with van der Waals surface area (Å²) >= 11 is 0. The van der Waals surface area contributed by atoms with Crippen LogP contribution < -0.4 is 10.0 Å². The maximum atomic E-state index is 13.8. The molecule has 1 rings (SSSR count). The first-order chi connectivity index (χ1) is 9.44. The van der Waals surface area contributed by atoms with Gasteiger partial charge in [0.2, 0.25) is 10.0 Å². The second kappa shape index (κ2) is 7.71. The molecule has 1 atom stereocenters. The van der Waals surface area contributed by atoms with Crippen LogP contribution in [0.2, 0.25) is 0 Å². The standard InChI is InChI=1S/C14H23FN2O2S/c1-4-6-12(5-2)17-20(18,19)14-9-11(10-16-3)7-8-13(14)15/h7-9,12,16-17H,4-6,10H2,1-3H3. The molecule has 0 aromatic heterocycles. The van der Waals surface area contributed by atoms with E-state index < -0.39 is 15.8 Å². The number of hydrogen-bond donors (Lipinski definition) is 2. The molecule has 1 aromatic carbocycles. The van der Waals surface area contributed by atoms with E-state index in [1.807, 2.05) is 13.8 Å². The molecule has 0 heterocycles. The van der Waals surface area contributed by atoms with E-state index in [9.17, 15) is 12.8 Å². The van der Waals surface area contributed by atoms with Gasteiger partial charge in [0.05, 0.1) is 0 Å². The Bertz CT molecular complexity index is 532. The molecule has 4 nitrogen and oxygen atoms in total. The molecule has 0 saturated carbocycles. The Morgan fingerprint density at radius 1 is 1.30 bits per heavy atom. The van der Waals surface area contributed by atoms with E-state index in [0.717, 1.165) is 18.4 Å². The van der Waals surface area contributed by atoms with Crippen LogP contribution in [0.15, 0.2) is 23.1 Å². The Kier molecular flexibility index (Phi) is 6.58. The maximum absolute atomic E-state index is 13.8.